The summed E-state index contributed by atoms with van der Waals surface area (Å²) in [5, 5.41) is 2.73. The molecule has 0 radical (unpaired) electrons. The number of fused-ring (bicyclic) bond motifs is 1. The maximum Gasteiger partial charge on any atom is 0.345 e. The summed E-state index contributed by atoms with van der Waals surface area (Å²) in [4.78, 5) is 37.5. The molecule has 4 rings (SSSR count). The first-order valence-electron chi connectivity index (χ1n) is 11.3. The van der Waals surface area contributed by atoms with Crippen molar-refractivity contribution in [3.05, 3.63) is 89.5 Å². The fraction of sp³-hybridized carbons (Fsp3) is 0.250. The van der Waals surface area contributed by atoms with Gasteiger partial charge in [-0.2, -0.15) is 0 Å². The number of carbonyl (C=O) groups excluding carboxylic acids is 3. The Labute approximate surface area is 204 Å². The van der Waals surface area contributed by atoms with E-state index >= 15 is 0 Å². The molecule has 7 heteroatoms. The van der Waals surface area contributed by atoms with E-state index < -0.39 is 24.6 Å². The minimum atomic E-state index is -1.20. The van der Waals surface area contributed by atoms with Crippen molar-refractivity contribution < 1.29 is 28.6 Å². The van der Waals surface area contributed by atoms with Crippen molar-refractivity contribution in [2.75, 3.05) is 11.9 Å². The van der Waals surface area contributed by atoms with Crippen molar-refractivity contribution in [1.82, 2.24) is 0 Å². The Morgan fingerprint density at radius 1 is 1.00 bits per heavy atom. The molecule has 0 aliphatic carbocycles. The summed E-state index contributed by atoms with van der Waals surface area (Å²) in [6.07, 6.45) is -0.463. The summed E-state index contributed by atoms with van der Waals surface area (Å²) in [7, 11) is 0. The van der Waals surface area contributed by atoms with Crippen LogP contribution in [-0.2, 0) is 20.7 Å². The molecule has 0 spiro atoms. The number of para-hydroxylation sites is 1. The number of amides is 1. The van der Waals surface area contributed by atoms with Gasteiger partial charge in [0.05, 0.1) is 0 Å². The van der Waals surface area contributed by atoms with Gasteiger partial charge in [0.2, 0.25) is 6.10 Å². The number of anilines is 1. The van der Waals surface area contributed by atoms with Crippen molar-refractivity contribution in [3.63, 3.8) is 0 Å². The highest BCUT2D eigenvalue weighted by molar-refractivity contribution is 5.99. The van der Waals surface area contributed by atoms with Crippen molar-refractivity contribution >= 4 is 23.3 Å². The van der Waals surface area contributed by atoms with Crippen LogP contribution in [-0.4, -0.2) is 29.9 Å². The van der Waals surface area contributed by atoms with Crippen LogP contribution in [0.25, 0.3) is 0 Å². The Morgan fingerprint density at radius 3 is 2.49 bits per heavy atom. The van der Waals surface area contributed by atoms with E-state index in [4.69, 9.17) is 14.2 Å². The molecule has 0 saturated carbocycles. The number of ether oxygens (including phenoxy) is 3. The first-order valence-corrected chi connectivity index (χ1v) is 11.3. The summed E-state index contributed by atoms with van der Waals surface area (Å²) < 4.78 is 17.2. The zero-order valence-corrected chi connectivity index (χ0v) is 19.9. The lowest BCUT2D eigenvalue weighted by Gasteiger charge is -2.19. The van der Waals surface area contributed by atoms with E-state index in [1.807, 2.05) is 26.0 Å². The van der Waals surface area contributed by atoms with Crippen LogP contribution >= 0.6 is 0 Å². The van der Waals surface area contributed by atoms with Crippen LogP contribution in [0.4, 0.5) is 5.69 Å². The molecule has 1 aliphatic heterocycles. The summed E-state index contributed by atoms with van der Waals surface area (Å²) in [5.74, 6) is -0.305. The largest absolute Gasteiger partial charge is 0.483 e. The summed E-state index contributed by atoms with van der Waals surface area (Å²) in [6, 6.07) is 20.8. The predicted octanol–water partition coefficient (Wildman–Crippen LogP) is 4.90. The SMILES string of the molecule is CC(=O)c1cccc(NC(=O)C(OC(=O)COc2cccc3c2OC(C)(C)C3)c2ccccc2)c1. The van der Waals surface area contributed by atoms with Crippen molar-refractivity contribution in [2.45, 2.75) is 38.9 Å². The summed E-state index contributed by atoms with van der Waals surface area (Å²) in [5.41, 5.74) is 2.06. The van der Waals surface area contributed by atoms with Crippen LogP contribution in [0.3, 0.4) is 0 Å². The van der Waals surface area contributed by atoms with Gasteiger partial charge in [-0.1, -0.05) is 54.6 Å². The number of carbonyl (C=O) groups is 3. The molecule has 3 aromatic rings. The fourth-order valence-electron chi connectivity index (χ4n) is 3.93. The Kier molecular flexibility index (Phi) is 6.87. The third-order valence-electron chi connectivity index (χ3n) is 5.53. The highest BCUT2D eigenvalue weighted by atomic mass is 16.6. The number of nitrogens with one attached hydrogen (secondary N) is 1. The molecule has 3 aromatic carbocycles. The van der Waals surface area contributed by atoms with Crippen LogP contribution in [0.5, 0.6) is 11.5 Å². The minimum Gasteiger partial charge on any atom is -0.483 e. The molecule has 1 atom stereocenters. The van der Waals surface area contributed by atoms with Gasteiger partial charge in [0, 0.05) is 28.8 Å². The summed E-state index contributed by atoms with van der Waals surface area (Å²) in [6.45, 7) is 5.03. The molecule has 0 saturated heterocycles. The first-order chi connectivity index (χ1) is 16.7. The van der Waals surface area contributed by atoms with Crippen molar-refractivity contribution in [3.8, 4) is 11.5 Å². The van der Waals surface area contributed by atoms with Gasteiger partial charge in [0.1, 0.15) is 5.60 Å². The molecule has 180 valence electrons. The Bertz CT molecular complexity index is 1250. The van der Waals surface area contributed by atoms with Gasteiger partial charge in [-0.05, 0) is 39.0 Å². The van der Waals surface area contributed by atoms with E-state index in [2.05, 4.69) is 5.32 Å². The molecule has 0 fully saturated rings. The van der Waals surface area contributed by atoms with Gasteiger partial charge in [0.25, 0.3) is 5.91 Å². The second-order valence-electron chi connectivity index (χ2n) is 8.98. The molecule has 35 heavy (non-hydrogen) atoms. The third-order valence-corrected chi connectivity index (χ3v) is 5.53. The molecule has 7 nitrogen and oxygen atoms in total. The lowest BCUT2D eigenvalue weighted by Crippen LogP contribution is -2.28. The van der Waals surface area contributed by atoms with Crippen molar-refractivity contribution in [2.24, 2.45) is 0 Å². The Hall–Kier alpha value is -4.13. The lowest BCUT2D eigenvalue weighted by molar-refractivity contribution is -0.156. The van der Waals surface area contributed by atoms with Gasteiger partial charge < -0.3 is 19.5 Å². The number of Topliss-reactive ketones (excluding diaryl/α,β-unsaturated/α-hetero) is 1. The molecule has 0 aromatic heterocycles. The van der Waals surface area contributed by atoms with Gasteiger partial charge in [-0.15, -0.1) is 0 Å². The van der Waals surface area contributed by atoms with E-state index in [1.54, 1.807) is 60.7 Å². The molecular weight excluding hydrogens is 446 g/mol. The van der Waals surface area contributed by atoms with Gasteiger partial charge in [0.15, 0.2) is 23.9 Å². The minimum absolute atomic E-state index is 0.121. The van der Waals surface area contributed by atoms with Crippen molar-refractivity contribution in [1.29, 1.82) is 0 Å². The molecule has 1 aliphatic rings. The van der Waals surface area contributed by atoms with Gasteiger partial charge >= 0.3 is 5.97 Å². The molecular formula is C28H27NO6. The normalized spacial score (nSPS) is 14.3. The highest BCUT2D eigenvalue weighted by Gasteiger charge is 2.32. The lowest BCUT2D eigenvalue weighted by atomic mass is 10.0. The number of hydrogen-bond donors (Lipinski definition) is 1. The van der Waals surface area contributed by atoms with E-state index in [0.717, 1.165) is 12.0 Å². The van der Waals surface area contributed by atoms with Crippen LogP contribution in [0.1, 0.15) is 48.4 Å². The highest BCUT2D eigenvalue weighted by Crippen LogP contribution is 2.41. The fourth-order valence-corrected chi connectivity index (χ4v) is 3.93. The summed E-state index contributed by atoms with van der Waals surface area (Å²) >= 11 is 0. The maximum atomic E-state index is 13.1. The van der Waals surface area contributed by atoms with Gasteiger partial charge in [-0.3, -0.25) is 9.59 Å². The monoisotopic (exact) mass is 473 g/mol. The van der Waals surface area contributed by atoms with E-state index in [9.17, 15) is 14.4 Å². The number of ketones is 1. The van der Waals surface area contributed by atoms with Gasteiger partial charge in [-0.25, -0.2) is 4.79 Å². The van der Waals surface area contributed by atoms with Crippen LogP contribution in [0, 0.1) is 0 Å². The average Bonchev–Trinajstić information content (AvgIpc) is 3.16. The number of benzene rings is 3. The molecule has 1 amide bonds. The standard InChI is InChI=1S/C28H27NO6/c1-18(30)20-11-7-13-22(15-20)29-27(32)26(19-9-5-4-6-10-19)34-24(31)17-33-23-14-8-12-21-16-28(2,3)35-25(21)23/h4-15,26H,16-17H2,1-3H3,(H,29,32). The first kappa shape index (κ1) is 24.0. The van der Waals surface area contributed by atoms with E-state index in [1.165, 1.54) is 6.92 Å². The average molecular weight is 474 g/mol. The third kappa shape index (κ3) is 5.87. The second-order valence-corrected chi connectivity index (χ2v) is 8.98. The molecule has 1 heterocycles. The predicted molar refractivity (Wildman–Crippen MR) is 131 cm³/mol. The zero-order chi connectivity index (χ0) is 25.0. The van der Waals surface area contributed by atoms with E-state index in [-0.39, 0.29) is 11.4 Å². The second kappa shape index (κ2) is 10.0. The number of esters is 1. The zero-order valence-electron chi connectivity index (χ0n) is 19.9. The Balaban J connectivity index is 1.46. The smallest absolute Gasteiger partial charge is 0.345 e. The number of hydrogen-bond acceptors (Lipinski definition) is 6. The van der Waals surface area contributed by atoms with Crippen LogP contribution < -0.4 is 14.8 Å². The Morgan fingerprint density at radius 2 is 1.74 bits per heavy atom. The number of rotatable bonds is 8. The molecule has 1 unspecified atom stereocenters. The maximum absolute atomic E-state index is 13.1. The van der Waals surface area contributed by atoms with Crippen LogP contribution in [0.2, 0.25) is 0 Å². The quantitative estimate of drug-likeness (QED) is 0.369. The molecule has 0 bridgehead atoms. The van der Waals surface area contributed by atoms with Crippen LogP contribution in [0.15, 0.2) is 72.8 Å². The van der Waals surface area contributed by atoms with E-state index in [0.29, 0.717) is 28.3 Å². The topological polar surface area (TPSA) is 90.9 Å². The molecule has 1 N–H and O–H groups in total.